The van der Waals surface area contributed by atoms with E-state index in [1.165, 1.54) is 6.39 Å². The molecule has 8 heteroatoms. The van der Waals surface area contributed by atoms with Gasteiger partial charge in [-0.05, 0) is 12.8 Å². The zero-order valence-electron chi connectivity index (χ0n) is 13.7. The van der Waals surface area contributed by atoms with Crippen LogP contribution >= 0.6 is 0 Å². The number of aromatic nitrogens is 4. The third kappa shape index (κ3) is 3.54. The molecule has 2 saturated heterocycles. The molecule has 0 unspecified atom stereocenters. The molecule has 0 radical (unpaired) electrons. The Labute approximate surface area is 140 Å². The normalized spacial score (nSPS) is 20.4. The first kappa shape index (κ1) is 15.5. The molecule has 0 saturated carbocycles. The molecule has 0 spiro atoms. The maximum absolute atomic E-state index is 5.45. The fourth-order valence-corrected chi connectivity index (χ4v) is 3.35. The predicted molar refractivity (Wildman–Crippen MR) is 86.6 cm³/mol. The summed E-state index contributed by atoms with van der Waals surface area (Å²) in [6.07, 6.45) is 5.18. The maximum atomic E-state index is 5.45. The quantitative estimate of drug-likeness (QED) is 0.824. The average Bonchev–Trinajstić information content (AvgIpc) is 3.16. The summed E-state index contributed by atoms with van der Waals surface area (Å²) in [5.41, 5.74) is 1.15. The maximum Gasteiger partial charge on any atom is 0.213 e. The molecule has 2 aliphatic heterocycles. The van der Waals surface area contributed by atoms with Crippen LogP contribution in [0.25, 0.3) is 0 Å². The summed E-state index contributed by atoms with van der Waals surface area (Å²) in [6.45, 7) is 6.22. The van der Waals surface area contributed by atoms with Gasteiger partial charge in [0.25, 0.3) is 0 Å². The summed E-state index contributed by atoms with van der Waals surface area (Å²) in [5, 5.41) is 3.88. The van der Waals surface area contributed by atoms with Crippen LogP contribution in [0.2, 0.25) is 0 Å². The van der Waals surface area contributed by atoms with Gasteiger partial charge in [-0.1, -0.05) is 5.16 Å². The summed E-state index contributed by atoms with van der Waals surface area (Å²) in [6, 6.07) is 2.16. The molecule has 2 aliphatic rings. The molecule has 2 aromatic heterocycles. The van der Waals surface area contributed by atoms with Crippen molar-refractivity contribution in [1.29, 1.82) is 0 Å². The Kier molecular flexibility index (Phi) is 4.66. The van der Waals surface area contributed by atoms with E-state index >= 15 is 0 Å². The molecular formula is C16H22N6O2. The van der Waals surface area contributed by atoms with Gasteiger partial charge in [0, 0.05) is 57.1 Å². The monoisotopic (exact) mass is 330 g/mol. The molecule has 0 aliphatic carbocycles. The smallest absolute Gasteiger partial charge is 0.213 e. The number of hydrogen-bond donors (Lipinski definition) is 0. The van der Waals surface area contributed by atoms with E-state index in [1.54, 1.807) is 6.33 Å². The second-order valence-corrected chi connectivity index (χ2v) is 6.30. The first-order chi connectivity index (χ1) is 11.9. The highest BCUT2D eigenvalue weighted by molar-refractivity contribution is 5.40. The number of anilines is 1. The Balaban J connectivity index is 1.36. The van der Waals surface area contributed by atoms with E-state index in [2.05, 4.69) is 36.0 Å². The summed E-state index contributed by atoms with van der Waals surface area (Å²) >= 11 is 0. The third-order valence-electron chi connectivity index (χ3n) is 4.78. The van der Waals surface area contributed by atoms with Crippen LogP contribution in [0, 0.1) is 0 Å². The van der Waals surface area contributed by atoms with Crippen molar-refractivity contribution in [3.05, 3.63) is 30.3 Å². The fraction of sp³-hybridized carbons (Fsp3) is 0.625. The van der Waals surface area contributed by atoms with Crippen molar-refractivity contribution in [2.75, 3.05) is 44.3 Å². The van der Waals surface area contributed by atoms with Crippen LogP contribution in [0.1, 0.15) is 30.3 Å². The third-order valence-corrected chi connectivity index (χ3v) is 4.78. The fourth-order valence-electron chi connectivity index (χ4n) is 3.35. The van der Waals surface area contributed by atoms with Crippen LogP contribution in [0.5, 0.6) is 0 Å². The van der Waals surface area contributed by atoms with Crippen molar-refractivity contribution in [1.82, 2.24) is 25.0 Å². The van der Waals surface area contributed by atoms with E-state index in [1.807, 2.05) is 0 Å². The van der Waals surface area contributed by atoms with E-state index in [0.29, 0.717) is 5.92 Å². The second kappa shape index (κ2) is 7.23. The van der Waals surface area contributed by atoms with Crippen LogP contribution in [0.15, 0.2) is 23.3 Å². The van der Waals surface area contributed by atoms with E-state index in [0.717, 1.165) is 76.1 Å². The number of ether oxygens (including phenoxy) is 1. The lowest BCUT2D eigenvalue weighted by molar-refractivity contribution is 0.0845. The molecule has 8 nitrogen and oxygen atoms in total. The van der Waals surface area contributed by atoms with Gasteiger partial charge in [0.2, 0.25) is 6.39 Å². The lowest BCUT2D eigenvalue weighted by Crippen LogP contribution is -2.46. The average molecular weight is 330 g/mol. The number of piperazine rings is 1. The molecule has 2 aromatic rings. The zero-order chi connectivity index (χ0) is 16.2. The van der Waals surface area contributed by atoms with Crippen molar-refractivity contribution in [2.24, 2.45) is 0 Å². The summed E-state index contributed by atoms with van der Waals surface area (Å²) in [4.78, 5) is 17.7. The van der Waals surface area contributed by atoms with Crippen molar-refractivity contribution in [2.45, 2.75) is 25.3 Å². The van der Waals surface area contributed by atoms with Gasteiger partial charge in [-0.15, -0.1) is 0 Å². The minimum Gasteiger partial charge on any atom is -0.381 e. The Morgan fingerprint density at radius 1 is 1.04 bits per heavy atom. The van der Waals surface area contributed by atoms with Gasteiger partial charge in [-0.3, -0.25) is 4.90 Å². The highest BCUT2D eigenvalue weighted by Crippen LogP contribution is 2.27. The van der Waals surface area contributed by atoms with E-state index in [4.69, 9.17) is 9.26 Å². The highest BCUT2D eigenvalue weighted by Gasteiger charge is 2.22. The van der Waals surface area contributed by atoms with Crippen LogP contribution in [0.3, 0.4) is 0 Å². The second-order valence-electron chi connectivity index (χ2n) is 6.30. The Hall–Kier alpha value is -2.06. The summed E-state index contributed by atoms with van der Waals surface area (Å²) in [7, 11) is 0. The van der Waals surface area contributed by atoms with E-state index < -0.39 is 0 Å². The lowest BCUT2D eigenvalue weighted by atomic mass is 9.96. The van der Waals surface area contributed by atoms with E-state index in [9.17, 15) is 0 Å². The van der Waals surface area contributed by atoms with Gasteiger partial charge >= 0.3 is 0 Å². The van der Waals surface area contributed by atoms with Crippen molar-refractivity contribution >= 4 is 5.82 Å². The van der Waals surface area contributed by atoms with Crippen molar-refractivity contribution in [3.63, 3.8) is 0 Å². The molecule has 0 N–H and O–H groups in total. The first-order valence-electron chi connectivity index (χ1n) is 8.51. The molecule has 0 bridgehead atoms. The lowest BCUT2D eigenvalue weighted by Gasteiger charge is -2.35. The Bertz CT molecular complexity index is 636. The number of hydrogen-bond acceptors (Lipinski definition) is 8. The largest absolute Gasteiger partial charge is 0.381 e. The molecule has 0 aromatic carbocycles. The molecule has 4 heterocycles. The summed E-state index contributed by atoms with van der Waals surface area (Å²) in [5.74, 6) is 2.28. The first-order valence-corrected chi connectivity index (χ1v) is 8.51. The van der Waals surface area contributed by atoms with Gasteiger partial charge in [0.1, 0.15) is 12.1 Å². The van der Waals surface area contributed by atoms with Gasteiger partial charge in [-0.2, -0.15) is 4.98 Å². The SMILES string of the molecule is c1nc(C2CCOCC2)cc(N2CCN(Cc3ncon3)CC2)n1. The van der Waals surface area contributed by atoms with Crippen molar-refractivity contribution < 1.29 is 9.26 Å². The molecule has 0 amide bonds. The van der Waals surface area contributed by atoms with E-state index in [-0.39, 0.29) is 0 Å². The highest BCUT2D eigenvalue weighted by atomic mass is 16.5. The Morgan fingerprint density at radius 3 is 2.62 bits per heavy atom. The number of nitrogens with zero attached hydrogens (tertiary/aromatic N) is 6. The standard InChI is InChI=1S/C16H22N6O2/c1-7-23-8-2-13(1)14-9-16(18-11-17-14)22-5-3-21(4-6-22)10-15-19-12-24-20-15/h9,11-13H,1-8,10H2. The molecular weight excluding hydrogens is 308 g/mol. The molecule has 0 atom stereocenters. The number of rotatable bonds is 4. The molecule has 4 rings (SSSR count). The van der Waals surface area contributed by atoms with Crippen LogP contribution < -0.4 is 4.90 Å². The molecule has 2 fully saturated rings. The molecule has 128 valence electrons. The van der Waals surface area contributed by atoms with Crippen LogP contribution in [-0.4, -0.2) is 64.4 Å². The minimum atomic E-state index is 0.500. The van der Waals surface area contributed by atoms with Crippen molar-refractivity contribution in [3.8, 4) is 0 Å². The molecule has 24 heavy (non-hydrogen) atoms. The van der Waals surface area contributed by atoms with Crippen LogP contribution in [-0.2, 0) is 11.3 Å². The van der Waals surface area contributed by atoms with Gasteiger partial charge in [-0.25, -0.2) is 9.97 Å². The zero-order valence-corrected chi connectivity index (χ0v) is 13.7. The van der Waals surface area contributed by atoms with Gasteiger partial charge in [0.15, 0.2) is 5.82 Å². The summed E-state index contributed by atoms with van der Waals surface area (Å²) < 4.78 is 10.2. The minimum absolute atomic E-state index is 0.500. The topological polar surface area (TPSA) is 80.4 Å². The Morgan fingerprint density at radius 2 is 1.88 bits per heavy atom. The predicted octanol–water partition coefficient (Wildman–Crippen LogP) is 1.08. The van der Waals surface area contributed by atoms with Crippen LogP contribution in [0.4, 0.5) is 5.82 Å². The van der Waals surface area contributed by atoms with Gasteiger partial charge in [0.05, 0.1) is 6.54 Å². The van der Waals surface area contributed by atoms with Gasteiger partial charge < -0.3 is 14.2 Å².